The van der Waals surface area contributed by atoms with Gasteiger partial charge >= 0.3 is 7.12 Å². The molecule has 2 aromatic rings. The van der Waals surface area contributed by atoms with Gasteiger partial charge in [0, 0.05) is 11.9 Å². The quantitative estimate of drug-likeness (QED) is 0.465. The van der Waals surface area contributed by atoms with Crippen LogP contribution in [0.15, 0.2) is 47.9 Å². The van der Waals surface area contributed by atoms with E-state index in [1.54, 1.807) is 30.1 Å². The predicted molar refractivity (Wildman–Crippen MR) is 67.9 cm³/mol. The SMILES string of the molecule is OB(O)c1cccc(CSc2ccncn2)c1. The lowest BCUT2D eigenvalue weighted by atomic mass is 9.80. The van der Waals surface area contributed by atoms with Crippen molar-refractivity contribution >= 4 is 24.3 Å². The number of benzene rings is 1. The van der Waals surface area contributed by atoms with Crippen LogP contribution in [-0.2, 0) is 5.75 Å². The summed E-state index contributed by atoms with van der Waals surface area (Å²) in [5.41, 5.74) is 1.53. The summed E-state index contributed by atoms with van der Waals surface area (Å²) in [7, 11) is -1.42. The monoisotopic (exact) mass is 246 g/mol. The maximum atomic E-state index is 9.06. The molecule has 1 aromatic carbocycles. The third-order valence-corrected chi connectivity index (χ3v) is 3.21. The Morgan fingerprint density at radius 1 is 1.24 bits per heavy atom. The van der Waals surface area contributed by atoms with Crippen molar-refractivity contribution in [3.05, 3.63) is 48.4 Å². The molecule has 0 unspecified atom stereocenters. The summed E-state index contributed by atoms with van der Waals surface area (Å²) < 4.78 is 0. The first-order valence-electron chi connectivity index (χ1n) is 5.09. The summed E-state index contributed by atoms with van der Waals surface area (Å²) in [6.45, 7) is 0. The average molecular weight is 246 g/mol. The number of hydrogen-bond acceptors (Lipinski definition) is 5. The molecule has 0 saturated carbocycles. The lowest BCUT2D eigenvalue weighted by molar-refractivity contribution is 0.425. The van der Waals surface area contributed by atoms with E-state index in [9.17, 15) is 0 Å². The van der Waals surface area contributed by atoms with Crippen molar-refractivity contribution in [2.24, 2.45) is 0 Å². The molecular weight excluding hydrogens is 235 g/mol. The highest BCUT2D eigenvalue weighted by atomic mass is 32.2. The largest absolute Gasteiger partial charge is 0.488 e. The number of aromatic nitrogens is 2. The van der Waals surface area contributed by atoms with Crippen LogP contribution in [0.5, 0.6) is 0 Å². The molecule has 6 heteroatoms. The van der Waals surface area contributed by atoms with Gasteiger partial charge in [0.2, 0.25) is 0 Å². The number of rotatable bonds is 4. The molecule has 0 aliphatic carbocycles. The molecule has 0 aliphatic heterocycles. The summed E-state index contributed by atoms with van der Waals surface area (Å²) >= 11 is 1.58. The Balaban J connectivity index is 2.02. The van der Waals surface area contributed by atoms with Crippen molar-refractivity contribution in [1.29, 1.82) is 0 Å². The Morgan fingerprint density at radius 3 is 2.82 bits per heavy atom. The third kappa shape index (κ3) is 3.56. The Morgan fingerprint density at radius 2 is 2.12 bits per heavy atom. The van der Waals surface area contributed by atoms with E-state index < -0.39 is 7.12 Å². The predicted octanol–water partition coefficient (Wildman–Crippen LogP) is 0.449. The zero-order valence-corrected chi connectivity index (χ0v) is 9.84. The zero-order chi connectivity index (χ0) is 12.1. The Hall–Kier alpha value is -1.37. The van der Waals surface area contributed by atoms with Gasteiger partial charge in [-0.05, 0) is 17.1 Å². The lowest BCUT2D eigenvalue weighted by Crippen LogP contribution is -2.29. The summed E-state index contributed by atoms with van der Waals surface area (Å²) in [4.78, 5) is 7.95. The zero-order valence-electron chi connectivity index (χ0n) is 9.02. The van der Waals surface area contributed by atoms with Crippen LogP contribution in [0.25, 0.3) is 0 Å². The van der Waals surface area contributed by atoms with Gasteiger partial charge in [-0.2, -0.15) is 0 Å². The molecule has 1 heterocycles. The van der Waals surface area contributed by atoms with Gasteiger partial charge in [-0.15, -0.1) is 11.8 Å². The molecule has 0 spiro atoms. The number of hydrogen-bond donors (Lipinski definition) is 2. The summed E-state index contributed by atoms with van der Waals surface area (Å²) in [6, 6.07) is 9.06. The van der Waals surface area contributed by atoms with Crippen molar-refractivity contribution in [1.82, 2.24) is 9.97 Å². The summed E-state index contributed by atoms with van der Waals surface area (Å²) in [5.74, 6) is 0.734. The van der Waals surface area contributed by atoms with E-state index in [0.717, 1.165) is 16.3 Å². The standard InChI is InChI=1S/C11H11BN2O2S/c15-12(16)10-3-1-2-9(6-10)7-17-11-4-5-13-8-14-11/h1-6,8,15-16H,7H2. The van der Waals surface area contributed by atoms with Crippen molar-refractivity contribution in [3.63, 3.8) is 0 Å². The molecule has 0 bridgehead atoms. The highest BCUT2D eigenvalue weighted by molar-refractivity contribution is 7.98. The second-order valence-corrected chi connectivity index (χ2v) is 4.45. The topological polar surface area (TPSA) is 66.2 Å². The Bertz CT molecular complexity index is 482. The first kappa shape index (κ1) is 12.1. The van der Waals surface area contributed by atoms with Gasteiger partial charge in [0.05, 0.1) is 5.03 Å². The fourth-order valence-electron chi connectivity index (χ4n) is 1.36. The van der Waals surface area contributed by atoms with Gasteiger partial charge in [-0.25, -0.2) is 9.97 Å². The van der Waals surface area contributed by atoms with Crippen LogP contribution >= 0.6 is 11.8 Å². The smallest absolute Gasteiger partial charge is 0.423 e. The minimum Gasteiger partial charge on any atom is -0.423 e. The van der Waals surface area contributed by atoms with Gasteiger partial charge < -0.3 is 10.0 Å². The maximum Gasteiger partial charge on any atom is 0.488 e. The molecular formula is C11H11BN2O2S. The normalized spacial score (nSPS) is 10.2. The minimum atomic E-state index is -1.42. The van der Waals surface area contributed by atoms with Gasteiger partial charge in [-0.1, -0.05) is 24.3 Å². The van der Waals surface area contributed by atoms with Crippen molar-refractivity contribution in [2.45, 2.75) is 10.8 Å². The highest BCUT2D eigenvalue weighted by Gasteiger charge is 2.10. The summed E-state index contributed by atoms with van der Waals surface area (Å²) in [5, 5.41) is 19.0. The van der Waals surface area contributed by atoms with Crippen LogP contribution in [0.3, 0.4) is 0 Å². The molecule has 0 radical (unpaired) electrons. The molecule has 2 rings (SSSR count). The minimum absolute atomic E-state index is 0.505. The van der Waals surface area contributed by atoms with Crippen molar-refractivity contribution < 1.29 is 10.0 Å². The van der Waals surface area contributed by atoms with Crippen LogP contribution in [0.4, 0.5) is 0 Å². The van der Waals surface area contributed by atoms with E-state index in [4.69, 9.17) is 10.0 Å². The van der Waals surface area contributed by atoms with Crippen LogP contribution in [0.2, 0.25) is 0 Å². The maximum absolute atomic E-state index is 9.06. The molecule has 0 amide bonds. The molecule has 0 atom stereocenters. The second-order valence-electron chi connectivity index (χ2n) is 3.45. The van der Waals surface area contributed by atoms with E-state index in [2.05, 4.69) is 9.97 Å². The van der Waals surface area contributed by atoms with Crippen LogP contribution in [-0.4, -0.2) is 27.1 Å². The number of nitrogens with zero attached hydrogens (tertiary/aromatic N) is 2. The molecule has 4 nitrogen and oxygen atoms in total. The van der Waals surface area contributed by atoms with E-state index in [1.165, 1.54) is 6.33 Å². The Kier molecular flexibility index (Phi) is 4.14. The van der Waals surface area contributed by atoms with E-state index in [0.29, 0.717) is 5.46 Å². The van der Waals surface area contributed by atoms with Crippen LogP contribution in [0, 0.1) is 0 Å². The Labute approximate surface area is 104 Å². The number of thioether (sulfide) groups is 1. The van der Waals surface area contributed by atoms with Gasteiger partial charge in [0.1, 0.15) is 6.33 Å². The third-order valence-electron chi connectivity index (χ3n) is 2.19. The van der Waals surface area contributed by atoms with Gasteiger partial charge in [0.15, 0.2) is 0 Å². The van der Waals surface area contributed by atoms with Crippen molar-refractivity contribution in [3.8, 4) is 0 Å². The molecule has 0 aliphatic rings. The first-order valence-corrected chi connectivity index (χ1v) is 6.08. The fraction of sp³-hybridized carbons (Fsp3) is 0.0909. The lowest BCUT2D eigenvalue weighted by Gasteiger charge is -2.04. The highest BCUT2D eigenvalue weighted by Crippen LogP contribution is 2.18. The van der Waals surface area contributed by atoms with E-state index in [1.807, 2.05) is 18.2 Å². The molecule has 0 saturated heterocycles. The average Bonchev–Trinajstić information content (AvgIpc) is 2.38. The molecule has 2 N–H and O–H groups in total. The van der Waals surface area contributed by atoms with Crippen LogP contribution < -0.4 is 5.46 Å². The fourth-order valence-corrected chi connectivity index (χ4v) is 2.14. The molecule has 1 aromatic heterocycles. The van der Waals surface area contributed by atoms with Gasteiger partial charge in [-0.3, -0.25) is 0 Å². The first-order chi connectivity index (χ1) is 8.25. The van der Waals surface area contributed by atoms with E-state index in [-0.39, 0.29) is 0 Å². The van der Waals surface area contributed by atoms with E-state index >= 15 is 0 Å². The molecule has 0 fully saturated rings. The van der Waals surface area contributed by atoms with Gasteiger partial charge in [0.25, 0.3) is 0 Å². The second kappa shape index (κ2) is 5.81. The van der Waals surface area contributed by atoms with Crippen molar-refractivity contribution in [2.75, 3.05) is 0 Å². The summed E-state index contributed by atoms with van der Waals surface area (Å²) in [6.07, 6.45) is 3.21. The van der Waals surface area contributed by atoms with Crippen LogP contribution in [0.1, 0.15) is 5.56 Å². The molecule has 86 valence electrons. The molecule has 17 heavy (non-hydrogen) atoms.